The minimum Gasteiger partial charge on any atom is -0.369 e. The number of aromatic nitrogens is 1. The Balaban J connectivity index is 1.39. The zero-order chi connectivity index (χ0) is 26.0. The topological polar surface area (TPSA) is 202 Å². The van der Waals surface area contributed by atoms with Crippen molar-refractivity contribution in [1.82, 2.24) is 18.9 Å². The van der Waals surface area contributed by atoms with Crippen molar-refractivity contribution in [2.24, 2.45) is 16.0 Å². The lowest BCUT2D eigenvalue weighted by Crippen LogP contribution is -2.69. The van der Waals surface area contributed by atoms with E-state index in [9.17, 15) is 22.8 Å². The fraction of sp³-hybridized carbons (Fsp3) is 0.263. The normalized spacial score (nSPS) is 21.8. The van der Waals surface area contributed by atoms with Crippen molar-refractivity contribution in [3.8, 4) is 10.4 Å². The van der Waals surface area contributed by atoms with Gasteiger partial charge in [0.2, 0.25) is 5.91 Å². The maximum Gasteiger partial charge on any atom is 0.339 e. The lowest BCUT2D eigenvalue weighted by molar-refractivity contribution is -0.144. The molecule has 0 saturated carbocycles. The molecule has 3 heterocycles. The fourth-order valence-electron chi connectivity index (χ4n) is 3.58. The van der Waals surface area contributed by atoms with Gasteiger partial charge in [0.15, 0.2) is 5.82 Å². The Kier molecular flexibility index (Phi) is 7.36. The molecular weight excluding hydrogens is 532 g/mol. The molecule has 192 valence electrons. The molecule has 1 aromatic carbocycles. The Bertz CT molecular complexity index is 1360. The summed E-state index contributed by atoms with van der Waals surface area (Å²) >= 11 is 1.08. The Morgan fingerprint density at radius 3 is 2.69 bits per heavy atom. The van der Waals surface area contributed by atoms with Gasteiger partial charge in [-0.1, -0.05) is 30.3 Å². The highest BCUT2D eigenvalue weighted by atomic mass is 32.2. The number of carbonyl (C=O) groups excluding carboxylic acids is 3. The van der Waals surface area contributed by atoms with Crippen LogP contribution in [0.3, 0.4) is 0 Å². The number of nitrogens with zero attached hydrogens (tertiary/aromatic N) is 4. The standard InChI is InChI=1S/C19H22N8O6S3/c1-33-25-35-10-12(7-15(20)28)27(18(35)21)13-9-26(17(13)29)19(30)24-36(31,32)23-16-8-14(34-22-16)11-5-3-2-4-6-11/h2-6,8,10,13,18H,7,9,21H2,1H3,(H2,20,28)(H,22,23)(H,24,30). The number of primary amides is 1. The number of nitrogens with one attached hydrogen (secondary N) is 2. The monoisotopic (exact) mass is 554 g/mol. The van der Waals surface area contributed by atoms with Gasteiger partial charge in [0.25, 0.3) is 5.91 Å². The molecule has 2 aliphatic rings. The lowest BCUT2D eigenvalue weighted by Gasteiger charge is -2.44. The van der Waals surface area contributed by atoms with Crippen LogP contribution < -0.4 is 20.9 Å². The van der Waals surface area contributed by atoms with Crippen molar-refractivity contribution in [2.75, 3.05) is 18.4 Å². The molecule has 2 aliphatic heterocycles. The number of nitrogens with two attached hydrogens (primary N) is 2. The lowest BCUT2D eigenvalue weighted by atomic mass is 10.1. The van der Waals surface area contributed by atoms with Crippen LogP contribution >= 0.6 is 11.5 Å². The van der Waals surface area contributed by atoms with E-state index in [0.29, 0.717) is 5.70 Å². The van der Waals surface area contributed by atoms with Crippen LogP contribution in [0.5, 0.6) is 0 Å². The zero-order valence-electron chi connectivity index (χ0n) is 18.7. The summed E-state index contributed by atoms with van der Waals surface area (Å²) in [5, 5.41) is 1.58. The number of amides is 4. The Hall–Kier alpha value is -3.38. The first-order valence-electron chi connectivity index (χ1n) is 10.3. The summed E-state index contributed by atoms with van der Waals surface area (Å²) < 4.78 is 36.8. The molecule has 1 saturated heterocycles. The molecule has 2 aromatic rings. The summed E-state index contributed by atoms with van der Waals surface area (Å²) in [6, 6.07) is 8.71. The summed E-state index contributed by atoms with van der Waals surface area (Å²) in [4.78, 5) is 44.4. The average molecular weight is 555 g/mol. The second-order valence-electron chi connectivity index (χ2n) is 7.57. The van der Waals surface area contributed by atoms with Crippen molar-refractivity contribution < 1.29 is 27.6 Å². The summed E-state index contributed by atoms with van der Waals surface area (Å²) in [5.41, 5.74) is 11.9. The van der Waals surface area contributed by atoms with Gasteiger partial charge in [-0.05, 0) is 27.8 Å². The third-order valence-electron chi connectivity index (χ3n) is 5.14. The number of imide groups is 1. The largest absolute Gasteiger partial charge is 0.369 e. The number of rotatable bonds is 8. The maximum atomic E-state index is 12.8. The van der Waals surface area contributed by atoms with Gasteiger partial charge in [0.05, 0.1) is 25.0 Å². The molecule has 0 bridgehead atoms. The van der Waals surface area contributed by atoms with Crippen LogP contribution in [0.2, 0.25) is 0 Å². The first-order chi connectivity index (χ1) is 17.1. The van der Waals surface area contributed by atoms with Gasteiger partial charge in [-0.2, -0.15) is 12.8 Å². The van der Waals surface area contributed by atoms with E-state index in [2.05, 4.69) is 13.6 Å². The van der Waals surface area contributed by atoms with Crippen LogP contribution in [0.4, 0.5) is 10.6 Å². The minimum atomic E-state index is -4.38. The van der Waals surface area contributed by atoms with Crippen molar-refractivity contribution in [1.29, 1.82) is 0 Å². The highest BCUT2D eigenvalue weighted by molar-refractivity contribution is 7.91. The molecule has 3 atom stereocenters. The molecule has 0 aliphatic carbocycles. The Labute approximate surface area is 212 Å². The van der Waals surface area contributed by atoms with E-state index in [-0.39, 0.29) is 18.8 Å². The summed E-state index contributed by atoms with van der Waals surface area (Å²) in [5.74, 6) is -1.32. The molecule has 14 nitrogen and oxygen atoms in total. The van der Waals surface area contributed by atoms with Crippen molar-refractivity contribution in [3.05, 3.63) is 47.5 Å². The SMILES string of the molecule is CO/N=S1/C=C(CC(N)=O)N(C2CN(C(=O)NS(=O)(=O)Nc3cc(-c4ccccc4)sn3)C2=O)C1N. The molecule has 4 amide bonds. The van der Waals surface area contributed by atoms with Crippen molar-refractivity contribution in [2.45, 2.75) is 18.0 Å². The van der Waals surface area contributed by atoms with Crippen LogP contribution in [0.25, 0.3) is 10.4 Å². The average Bonchev–Trinajstić information content (AvgIpc) is 3.38. The van der Waals surface area contributed by atoms with Gasteiger partial charge in [-0.25, -0.2) is 19.1 Å². The number of anilines is 1. The van der Waals surface area contributed by atoms with Gasteiger partial charge >= 0.3 is 16.2 Å². The number of benzene rings is 1. The molecule has 36 heavy (non-hydrogen) atoms. The van der Waals surface area contributed by atoms with E-state index in [4.69, 9.17) is 16.3 Å². The van der Waals surface area contributed by atoms with E-state index < -0.39 is 50.3 Å². The van der Waals surface area contributed by atoms with Crippen molar-refractivity contribution >= 4 is 56.1 Å². The highest BCUT2D eigenvalue weighted by Gasteiger charge is 2.49. The fourth-order valence-corrected chi connectivity index (χ4v) is 6.56. The summed E-state index contributed by atoms with van der Waals surface area (Å²) in [7, 11) is -4.01. The molecular formula is C19H22N8O6S3. The van der Waals surface area contributed by atoms with Gasteiger partial charge in [0.1, 0.15) is 11.5 Å². The Morgan fingerprint density at radius 1 is 1.33 bits per heavy atom. The van der Waals surface area contributed by atoms with Gasteiger partial charge in [-0.3, -0.25) is 14.5 Å². The number of hydrogen-bond acceptors (Lipinski definition) is 11. The smallest absolute Gasteiger partial charge is 0.339 e. The van der Waals surface area contributed by atoms with Gasteiger partial charge < -0.3 is 16.4 Å². The van der Waals surface area contributed by atoms with Crippen molar-refractivity contribution in [3.63, 3.8) is 0 Å². The van der Waals surface area contributed by atoms with Crippen LogP contribution in [-0.2, 0) is 35.3 Å². The number of urea groups is 1. The summed E-state index contributed by atoms with van der Waals surface area (Å²) in [6.45, 7) is -0.164. The molecule has 1 fully saturated rings. The number of likely N-dealkylation sites (tertiary alicyclic amines) is 1. The van der Waals surface area contributed by atoms with Crippen LogP contribution in [0, 0.1) is 0 Å². The number of carbonyl (C=O) groups is 3. The number of hydrogen-bond donors (Lipinski definition) is 4. The van der Waals surface area contributed by atoms with E-state index >= 15 is 0 Å². The third-order valence-corrected chi connectivity index (χ3v) is 8.46. The molecule has 6 N–H and O–H groups in total. The van der Waals surface area contributed by atoms with E-state index in [1.165, 1.54) is 18.1 Å². The van der Waals surface area contributed by atoms with E-state index in [0.717, 1.165) is 26.9 Å². The maximum absolute atomic E-state index is 12.8. The first kappa shape index (κ1) is 25.7. The highest BCUT2D eigenvalue weighted by Crippen LogP contribution is 2.31. The van der Waals surface area contributed by atoms with Crippen LogP contribution in [0.1, 0.15) is 6.42 Å². The predicted molar refractivity (Wildman–Crippen MR) is 133 cm³/mol. The molecule has 0 spiro atoms. The van der Waals surface area contributed by atoms with E-state index in [1.807, 2.05) is 30.3 Å². The Morgan fingerprint density at radius 2 is 2.06 bits per heavy atom. The zero-order valence-corrected chi connectivity index (χ0v) is 21.2. The second kappa shape index (κ2) is 10.3. The predicted octanol–water partition coefficient (Wildman–Crippen LogP) is 0.0252. The second-order valence-corrected chi connectivity index (χ2v) is 11.4. The molecule has 0 radical (unpaired) electrons. The van der Waals surface area contributed by atoms with Crippen LogP contribution in [0.15, 0.2) is 52.0 Å². The quantitative estimate of drug-likeness (QED) is 0.256. The first-order valence-corrected chi connectivity index (χ1v) is 13.8. The third kappa shape index (κ3) is 5.39. The van der Waals surface area contributed by atoms with Gasteiger partial charge in [-0.15, -0.1) is 4.53 Å². The van der Waals surface area contributed by atoms with Gasteiger partial charge in [0, 0.05) is 17.2 Å². The molecule has 17 heteroatoms. The number of β-lactam (4-membered cyclic amide) rings is 1. The molecule has 1 aromatic heterocycles. The molecule has 3 unspecified atom stereocenters. The molecule has 4 rings (SSSR count). The van der Waals surface area contributed by atoms with Crippen LogP contribution in [-0.4, -0.2) is 65.6 Å². The van der Waals surface area contributed by atoms with E-state index in [1.54, 1.807) is 10.1 Å². The summed E-state index contributed by atoms with van der Waals surface area (Å²) in [6.07, 6.45) is -0.191. The minimum absolute atomic E-state index is 0.0187.